The van der Waals surface area contributed by atoms with Crippen LogP contribution in [0, 0.1) is 0 Å². The molecule has 1 aromatic carbocycles. The van der Waals surface area contributed by atoms with Gasteiger partial charge in [-0.2, -0.15) is 13.2 Å². The van der Waals surface area contributed by atoms with Crippen LogP contribution in [0.25, 0.3) is 0 Å². The van der Waals surface area contributed by atoms with Crippen LogP contribution in [0.5, 0.6) is 0 Å². The van der Waals surface area contributed by atoms with Crippen molar-refractivity contribution in [3.63, 3.8) is 0 Å². The topological polar surface area (TPSA) is 72.9 Å². The molecule has 2 saturated heterocycles. The number of rotatable bonds is 3. The van der Waals surface area contributed by atoms with Gasteiger partial charge in [0.25, 0.3) is 0 Å². The highest BCUT2D eigenvalue weighted by Gasteiger charge is 2.44. The summed E-state index contributed by atoms with van der Waals surface area (Å²) in [4.78, 5) is 25.9. The highest BCUT2D eigenvalue weighted by atomic mass is 19.4. The number of carbonyl (C=O) groups excluding carboxylic acids is 1. The van der Waals surface area contributed by atoms with E-state index >= 15 is 0 Å². The molecule has 2 amide bonds. The van der Waals surface area contributed by atoms with Gasteiger partial charge in [0, 0.05) is 30.9 Å². The maximum Gasteiger partial charge on any atom is 0.490 e. The molecule has 29 heavy (non-hydrogen) atoms. The van der Waals surface area contributed by atoms with Gasteiger partial charge in [-0.15, -0.1) is 6.58 Å². The molecule has 6 nitrogen and oxygen atoms in total. The minimum absolute atomic E-state index is 0.0238. The Morgan fingerprint density at radius 1 is 1.17 bits per heavy atom. The number of anilines is 1. The van der Waals surface area contributed by atoms with Crippen LogP contribution >= 0.6 is 0 Å². The van der Waals surface area contributed by atoms with Gasteiger partial charge in [-0.1, -0.05) is 24.3 Å². The maximum atomic E-state index is 12.5. The average Bonchev–Trinajstić information content (AvgIpc) is 3.04. The zero-order valence-corrected chi connectivity index (χ0v) is 16.1. The van der Waals surface area contributed by atoms with E-state index < -0.39 is 12.1 Å². The summed E-state index contributed by atoms with van der Waals surface area (Å²) in [7, 11) is 0. The molecule has 0 radical (unpaired) electrons. The van der Waals surface area contributed by atoms with Crippen LogP contribution in [0.2, 0.25) is 0 Å². The van der Waals surface area contributed by atoms with Gasteiger partial charge in [0.05, 0.1) is 0 Å². The van der Waals surface area contributed by atoms with Gasteiger partial charge in [0.2, 0.25) is 0 Å². The molecule has 0 saturated carbocycles. The SMILES string of the molecule is C=CCN1CCCC12CCCN(C(=O)Nc1ccccc1)C2.O=C(O)C(F)(F)F. The number of likely N-dealkylation sites (tertiary alicyclic amines) is 2. The molecule has 2 fully saturated rings. The number of piperidine rings is 1. The zero-order chi connectivity index (χ0) is 21.5. The first-order valence-electron chi connectivity index (χ1n) is 9.45. The van der Waals surface area contributed by atoms with Crippen LogP contribution < -0.4 is 5.32 Å². The normalized spacial score (nSPS) is 22.0. The van der Waals surface area contributed by atoms with E-state index in [1.54, 1.807) is 0 Å². The molecule has 2 aliphatic heterocycles. The molecule has 160 valence electrons. The first-order chi connectivity index (χ1) is 13.7. The Hall–Kier alpha value is -2.55. The van der Waals surface area contributed by atoms with Gasteiger partial charge in [-0.3, -0.25) is 4.90 Å². The third-order valence-electron chi connectivity index (χ3n) is 5.20. The predicted octanol–water partition coefficient (Wildman–Crippen LogP) is 3.97. The average molecular weight is 413 g/mol. The van der Waals surface area contributed by atoms with E-state index in [-0.39, 0.29) is 11.6 Å². The summed E-state index contributed by atoms with van der Waals surface area (Å²) in [6.45, 7) is 7.61. The molecule has 0 aliphatic carbocycles. The van der Waals surface area contributed by atoms with Gasteiger partial charge in [0.15, 0.2) is 0 Å². The molecule has 0 aromatic heterocycles. The lowest BCUT2D eigenvalue weighted by Gasteiger charge is -2.45. The molecule has 1 atom stereocenters. The summed E-state index contributed by atoms with van der Waals surface area (Å²) >= 11 is 0. The maximum absolute atomic E-state index is 12.5. The highest BCUT2D eigenvalue weighted by molar-refractivity contribution is 5.89. The number of carbonyl (C=O) groups is 2. The van der Waals surface area contributed by atoms with E-state index in [1.165, 1.54) is 19.3 Å². The van der Waals surface area contributed by atoms with Crippen LogP contribution in [0.1, 0.15) is 25.7 Å². The van der Waals surface area contributed by atoms with Crippen molar-refractivity contribution >= 4 is 17.7 Å². The number of amides is 2. The summed E-state index contributed by atoms with van der Waals surface area (Å²) in [6, 6.07) is 9.72. The van der Waals surface area contributed by atoms with Crippen molar-refractivity contribution in [3.8, 4) is 0 Å². The third-order valence-corrected chi connectivity index (χ3v) is 5.20. The molecule has 1 aromatic rings. The van der Waals surface area contributed by atoms with Crippen molar-refractivity contribution in [1.82, 2.24) is 9.80 Å². The van der Waals surface area contributed by atoms with Gasteiger partial charge < -0.3 is 15.3 Å². The number of benzene rings is 1. The Kier molecular flexibility index (Phi) is 7.66. The van der Waals surface area contributed by atoms with Crippen molar-refractivity contribution in [2.75, 3.05) is 31.5 Å². The van der Waals surface area contributed by atoms with E-state index in [0.717, 1.165) is 38.3 Å². The number of halogens is 3. The van der Waals surface area contributed by atoms with E-state index in [9.17, 15) is 18.0 Å². The van der Waals surface area contributed by atoms with Crippen molar-refractivity contribution in [3.05, 3.63) is 43.0 Å². The molecule has 2 N–H and O–H groups in total. The summed E-state index contributed by atoms with van der Waals surface area (Å²) in [5.74, 6) is -2.76. The fraction of sp³-hybridized carbons (Fsp3) is 0.500. The second kappa shape index (κ2) is 9.78. The molecule has 1 spiro atoms. The number of carboxylic acid groups (broad SMARTS) is 1. The number of nitrogens with one attached hydrogen (secondary N) is 1. The predicted molar refractivity (Wildman–Crippen MR) is 104 cm³/mol. The highest BCUT2D eigenvalue weighted by Crippen LogP contribution is 2.37. The number of hydrogen-bond acceptors (Lipinski definition) is 3. The van der Waals surface area contributed by atoms with Crippen LogP contribution in [-0.4, -0.2) is 64.8 Å². The van der Waals surface area contributed by atoms with E-state index in [2.05, 4.69) is 16.8 Å². The largest absolute Gasteiger partial charge is 0.490 e. The number of nitrogens with zero attached hydrogens (tertiary/aromatic N) is 2. The Morgan fingerprint density at radius 3 is 2.31 bits per heavy atom. The van der Waals surface area contributed by atoms with E-state index in [4.69, 9.17) is 9.90 Å². The molecule has 0 bridgehead atoms. The minimum atomic E-state index is -5.08. The molecular weight excluding hydrogens is 387 g/mol. The number of aliphatic carboxylic acids is 1. The molecule has 1 unspecified atom stereocenters. The third kappa shape index (κ3) is 6.22. The van der Waals surface area contributed by atoms with Crippen molar-refractivity contribution in [2.45, 2.75) is 37.4 Å². The summed E-state index contributed by atoms with van der Waals surface area (Å²) in [6.07, 6.45) is 1.58. The van der Waals surface area contributed by atoms with Crippen LogP contribution in [0.4, 0.5) is 23.7 Å². The van der Waals surface area contributed by atoms with Gasteiger partial charge in [0.1, 0.15) is 0 Å². The molecule has 2 heterocycles. The van der Waals surface area contributed by atoms with Gasteiger partial charge in [-0.25, -0.2) is 9.59 Å². The number of carboxylic acids is 1. The van der Waals surface area contributed by atoms with E-state index in [1.807, 2.05) is 41.3 Å². The van der Waals surface area contributed by atoms with Crippen molar-refractivity contribution in [2.24, 2.45) is 0 Å². The number of urea groups is 1. The van der Waals surface area contributed by atoms with Crippen molar-refractivity contribution < 1.29 is 27.9 Å². The Bertz CT molecular complexity index is 712. The number of para-hydroxylation sites is 1. The minimum Gasteiger partial charge on any atom is -0.475 e. The summed E-state index contributed by atoms with van der Waals surface area (Å²) in [5, 5.41) is 10.1. The molecule has 2 aliphatic rings. The van der Waals surface area contributed by atoms with E-state index in [0.29, 0.717) is 0 Å². The first-order valence-corrected chi connectivity index (χ1v) is 9.45. The fourth-order valence-corrected chi connectivity index (χ4v) is 3.91. The second-order valence-electron chi connectivity index (χ2n) is 7.19. The standard InChI is InChI=1S/C18H25N3O.C2HF3O2/c1-2-12-21-14-7-11-18(21)10-6-13-20(15-18)17(22)19-16-8-4-3-5-9-16;3-2(4,5)1(6)7/h2-5,8-9H,1,6-7,10-15H2,(H,19,22);(H,6,7). The van der Waals surface area contributed by atoms with Gasteiger partial charge >= 0.3 is 18.2 Å². The summed E-state index contributed by atoms with van der Waals surface area (Å²) < 4.78 is 31.7. The first kappa shape index (κ1) is 22.7. The zero-order valence-electron chi connectivity index (χ0n) is 16.1. The Balaban J connectivity index is 0.000000370. The number of alkyl halides is 3. The van der Waals surface area contributed by atoms with Crippen LogP contribution in [0.15, 0.2) is 43.0 Å². The van der Waals surface area contributed by atoms with Crippen LogP contribution in [-0.2, 0) is 4.79 Å². The Labute approximate surface area is 168 Å². The molecule has 9 heteroatoms. The van der Waals surface area contributed by atoms with Gasteiger partial charge in [-0.05, 0) is 44.4 Å². The summed E-state index contributed by atoms with van der Waals surface area (Å²) in [5.41, 5.74) is 1.03. The quantitative estimate of drug-likeness (QED) is 0.736. The lowest BCUT2D eigenvalue weighted by molar-refractivity contribution is -0.192. The molecular formula is C20H26F3N3O3. The Morgan fingerprint density at radius 2 is 1.76 bits per heavy atom. The number of hydrogen-bond donors (Lipinski definition) is 2. The smallest absolute Gasteiger partial charge is 0.475 e. The lowest BCUT2D eigenvalue weighted by Crippen LogP contribution is -2.57. The second-order valence-corrected chi connectivity index (χ2v) is 7.19. The fourth-order valence-electron chi connectivity index (χ4n) is 3.91. The monoisotopic (exact) mass is 413 g/mol. The van der Waals surface area contributed by atoms with Crippen molar-refractivity contribution in [1.29, 1.82) is 0 Å². The lowest BCUT2D eigenvalue weighted by atomic mass is 9.86. The van der Waals surface area contributed by atoms with Crippen LogP contribution in [0.3, 0.4) is 0 Å². The molecule has 3 rings (SSSR count).